The molecule has 1 amide bonds. The van der Waals surface area contributed by atoms with Crippen LogP contribution in [-0.2, 0) is 11.2 Å². The van der Waals surface area contributed by atoms with Crippen LogP contribution in [-0.4, -0.2) is 33.2 Å². The molecule has 2 N–H and O–H groups in total. The van der Waals surface area contributed by atoms with Gasteiger partial charge in [0, 0.05) is 13.0 Å². The third-order valence-corrected chi connectivity index (χ3v) is 3.04. The predicted molar refractivity (Wildman–Crippen MR) is 77.6 cm³/mol. The Morgan fingerprint density at radius 3 is 2.79 bits per heavy atom. The van der Waals surface area contributed by atoms with Crippen molar-refractivity contribution in [2.24, 2.45) is 0 Å². The van der Waals surface area contributed by atoms with Gasteiger partial charge < -0.3 is 15.4 Å². The van der Waals surface area contributed by atoms with E-state index in [1.54, 1.807) is 7.11 Å². The lowest BCUT2D eigenvalue weighted by Crippen LogP contribution is -2.26. The Kier molecular flexibility index (Phi) is 6.97. The van der Waals surface area contributed by atoms with Crippen molar-refractivity contribution < 1.29 is 9.53 Å². The van der Waals surface area contributed by atoms with Crippen molar-refractivity contribution in [3.05, 3.63) is 29.3 Å². The molecule has 106 valence electrons. The third-order valence-electron chi connectivity index (χ3n) is 3.04. The highest BCUT2D eigenvalue weighted by atomic mass is 16.5. The van der Waals surface area contributed by atoms with Crippen molar-refractivity contribution in [1.82, 2.24) is 10.6 Å². The SMILES string of the molecule is CNCCCC(=O)NCCc1ccc(C)c(OC)c1. The maximum Gasteiger partial charge on any atom is 0.220 e. The summed E-state index contributed by atoms with van der Waals surface area (Å²) in [6.07, 6.45) is 2.28. The van der Waals surface area contributed by atoms with Crippen LogP contribution < -0.4 is 15.4 Å². The van der Waals surface area contributed by atoms with Crippen LogP contribution in [0.5, 0.6) is 5.75 Å². The standard InChI is InChI=1S/C15H24N2O2/c1-12-6-7-13(11-14(12)19-3)8-10-17-15(18)5-4-9-16-2/h6-7,11,16H,4-5,8-10H2,1-3H3,(H,17,18). The Labute approximate surface area is 115 Å². The van der Waals surface area contributed by atoms with E-state index < -0.39 is 0 Å². The molecule has 1 rings (SSSR count). The highest BCUT2D eigenvalue weighted by Crippen LogP contribution is 2.18. The van der Waals surface area contributed by atoms with Gasteiger partial charge in [0.15, 0.2) is 0 Å². The summed E-state index contributed by atoms with van der Waals surface area (Å²) in [7, 11) is 3.57. The lowest BCUT2D eigenvalue weighted by atomic mass is 10.1. The van der Waals surface area contributed by atoms with Gasteiger partial charge in [0.25, 0.3) is 0 Å². The summed E-state index contributed by atoms with van der Waals surface area (Å²) in [5.41, 5.74) is 2.31. The van der Waals surface area contributed by atoms with E-state index in [2.05, 4.69) is 16.7 Å². The fraction of sp³-hybridized carbons (Fsp3) is 0.533. The van der Waals surface area contributed by atoms with Crippen LogP contribution in [0.15, 0.2) is 18.2 Å². The second-order valence-electron chi connectivity index (χ2n) is 4.61. The molecule has 0 heterocycles. The van der Waals surface area contributed by atoms with E-state index in [0.29, 0.717) is 13.0 Å². The van der Waals surface area contributed by atoms with Crippen LogP contribution in [0.1, 0.15) is 24.0 Å². The van der Waals surface area contributed by atoms with Gasteiger partial charge in [-0.3, -0.25) is 4.79 Å². The molecule has 4 nitrogen and oxygen atoms in total. The molecule has 0 aliphatic rings. The summed E-state index contributed by atoms with van der Waals surface area (Å²) in [6.45, 7) is 3.57. The van der Waals surface area contributed by atoms with Crippen molar-refractivity contribution in [1.29, 1.82) is 0 Å². The zero-order chi connectivity index (χ0) is 14.1. The molecular weight excluding hydrogens is 240 g/mol. The van der Waals surface area contributed by atoms with Gasteiger partial charge >= 0.3 is 0 Å². The fourth-order valence-corrected chi connectivity index (χ4v) is 1.88. The third kappa shape index (κ3) is 5.75. The fourth-order valence-electron chi connectivity index (χ4n) is 1.88. The summed E-state index contributed by atoms with van der Waals surface area (Å²) in [4.78, 5) is 11.5. The molecule has 0 saturated carbocycles. The van der Waals surface area contributed by atoms with Gasteiger partial charge in [-0.2, -0.15) is 0 Å². The largest absolute Gasteiger partial charge is 0.496 e. The van der Waals surface area contributed by atoms with Crippen LogP contribution in [0.3, 0.4) is 0 Å². The Morgan fingerprint density at radius 1 is 1.32 bits per heavy atom. The number of nitrogens with one attached hydrogen (secondary N) is 2. The van der Waals surface area contributed by atoms with Crippen LogP contribution >= 0.6 is 0 Å². The normalized spacial score (nSPS) is 10.3. The number of carbonyl (C=O) groups is 1. The first-order valence-corrected chi connectivity index (χ1v) is 6.72. The Bertz CT molecular complexity index is 405. The molecule has 0 atom stereocenters. The molecule has 0 aliphatic heterocycles. The monoisotopic (exact) mass is 264 g/mol. The highest BCUT2D eigenvalue weighted by Gasteiger charge is 2.02. The number of methoxy groups -OCH3 is 1. The number of ether oxygens (including phenoxy) is 1. The number of benzene rings is 1. The molecule has 0 fully saturated rings. The number of aryl methyl sites for hydroxylation is 1. The number of carbonyl (C=O) groups excluding carboxylic acids is 1. The maximum atomic E-state index is 11.5. The molecule has 1 aromatic carbocycles. The average molecular weight is 264 g/mol. The first kappa shape index (κ1) is 15.5. The van der Waals surface area contributed by atoms with Gasteiger partial charge in [-0.15, -0.1) is 0 Å². The minimum atomic E-state index is 0.120. The number of hydrogen-bond acceptors (Lipinski definition) is 3. The molecule has 0 radical (unpaired) electrons. The van der Waals surface area contributed by atoms with Crippen molar-refractivity contribution in [2.75, 3.05) is 27.2 Å². The topological polar surface area (TPSA) is 50.4 Å². The molecule has 19 heavy (non-hydrogen) atoms. The molecular formula is C15H24N2O2. The molecule has 4 heteroatoms. The number of amides is 1. The predicted octanol–water partition coefficient (Wildman–Crippen LogP) is 1.66. The second kappa shape index (κ2) is 8.53. The number of rotatable bonds is 8. The first-order valence-electron chi connectivity index (χ1n) is 6.72. The zero-order valence-corrected chi connectivity index (χ0v) is 12.1. The van der Waals surface area contributed by atoms with Crippen LogP contribution in [0, 0.1) is 6.92 Å². The lowest BCUT2D eigenvalue weighted by Gasteiger charge is -2.08. The maximum absolute atomic E-state index is 11.5. The van der Waals surface area contributed by atoms with Gasteiger partial charge in [-0.1, -0.05) is 12.1 Å². The summed E-state index contributed by atoms with van der Waals surface area (Å²) in [5.74, 6) is 1.02. The second-order valence-corrected chi connectivity index (χ2v) is 4.61. The van der Waals surface area contributed by atoms with Gasteiger partial charge in [0.1, 0.15) is 5.75 Å². The molecule has 0 bridgehead atoms. The highest BCUT2D eigenvalue weighted by molar-refractivity contribution is 5.75. The first-order chi connectivity index (χ1) is 9.17. The van der Waals surface area contributed by atoms with Gasteiger partial charge in [0.2, 0.25) is 5.91 Å². The summed E-state index contributed by atoms with van der Waals surface area (Å²) in [6, 6.07) is 6.15. The van der Waals surface area contributed by atoms with Crippen molar-refractivity contribution in [3.8, 4) is 5.75 Å². The van der Waals surface area contributed by atoms with Gasteiger partial charge in [-0.25, -0.2) is 0 Å². The molecule has 0 unspecified atom stereocenters. The zero-order valence-electron chi connectivity index (χ0n) is 12.1. The van der Waals surface area contributed by atoms with Gasteiger partial charge in [-0.05, 0) is 50.6 Å². The summed E-state index contributed by atoms with van der Waals surface area (Å²) in [5, 5.41) is 5.96. The van der Waals surface area contributed by atoms with E-state index in [1.807, 2.05) is 26.1 Å². The van der Waals surface area contributed by atoms with Crippen molar-refractivity contribution in [2.45, 2.75) is 26.2 Å². The van der Waals surface area contributed by atoms with Crippen LogP contribution in [0.25, 0.3) is 0 Å². The Morgan fingerprint density at radius 2 is 2.11 bits per heavy atom. The van der Waals surface area contributed by atoms with E-state index in [0.717, 1.165) is 30.7 Å². The van der Waals surface area contributed by atoms with Gasteiger partial charge in [0.05, 0.1) is 7.11 Å². The minimum Gasteiger partial charge on any atom is -0.496 e. The van der Waals surface area contributed by atoms with Crippen LogP contribution in [0.2, 0.25) is 0 Å². The van der Waals surface area contributed by atoms with Crippen molar-refractivity contribution in [3.63, 3.8) is 0 Å². The van der Waals surface area contributed by atoms with Crippen LogP contribution in [0.4, 0.5) is 0 Å². The van der Waals surface area contributed by atoms with E-state index >= 15 is 0 Å². The molecule has 0 aromatic heterocycles. The minimum absolute atomic E-state index is 0.120. The summed E-state index contributed by atoms with van der Waals surface area (Å²) < 4.78 is 5.28. The molecule has 0 spiro atoms. The molecule has 0 aliphatic carbocycles. The number of hydrogen-bond donors (Lipinski definition) is 2. The molecule has 1 aromatic rings. The Hall–Kier alpha value is -1.55. The molecule has 0 saturated heterocycles. The smallest absolute Gasteiger partial charge is 0.220 e. The lowest BCUT2D eigenvalue weighted by molar-refractivity contribution is -0.121. The average Bonchev–Trinajstić information content (AvgIpc) is 2.41. The van der Waals surface area contributed by atoms with E-state index in [1.165, 1.54) is 5.56 Å². The van der Waals surface area contributed by atoms with E-state index in [-0.39, 0.29) is 5.91 Å². The van der Waals surface area contributed by atoms with E-state index in [4.69, 9.17) is 4.74 Å². The van der Waals surface area contributed by atoms with Crippen molar-refractivity contribution >= 4 is 5.91 Å². The quantitative estimate of drug-likeness (QED) is 0.702. The Balaban J connectivity index is 2.31. The van der Waals surface area contributed by atoms with E-state index in [9.17, 15) is 4.79 Å². The summed E-state index contributed by atoms with van der Waals surface area (Å²) >= 11 is 0.